The maximum Gasteiger partial charge on any atom is 0.192 e. The molecule has 0 aromatic carbocycles. The second kappa shape index (κ2) is 67.4. The molecule has 23 heteroatoms. The molecule has 22 nitrogen and oxygen atoms in total. The van der Waals surface area contributed by atoms with Gasteiger partial charge in [-0.15, -0.1) is 0 Å². The van der Waals surface area contributed by atoms with Crippen LogP contribution in [0, 0.1) is 0 Å². The first kappa shape index (κ1) is 76.6. The molecule has 73 heavy (non-hydrogen) atoms. The van der Waals surface area contributed by atoms with Gasteiger partial charge in [0.25, 0.3) is 0 Å². The van der Waals surface area contributed by atoms with Crippen LogP contribution < -0.4 is 0 Å². The third kappa shape index (κ3) is 71.3. The molecular formula is C50H108O22Si. The summed E-state index contributed by atoms with van der Waals surface area (Å²) in [6.07, 6.45) is 2.07. The Hall–Kier alpha value is -0.663. The Morgan fingerprint density at radius 2 is 0.370 bits per heavy atom. The van der Waals surface area contributed by atoms with Gasteiger partial charge in [0.15, 0.2) is 8.32 Å². The van der Waals surface area contributed by atoms with Gasteiger partial charge in [-0.25, -0.2) is 0 Å². The summed E-state index contributed by atoms with van der Waals surface area (Å²) in [6.45, 7) is 35.8. The smallest absolute Gasteiger partial charge is 0.192 e. The highest BCUT2D eigenvalue weighted by atomic mass is 28.4. The van der Waals surface area contributed by atoms with E-state index in [9.17, 15) is 0 Å². The molecule has 0 amide bonds. The first-order valence-electron chi connectivity index (χ1n) is 26.5. The zero-order chi connectivity index (χ0) is 54.1. The summed E-state index contributed by atoms with van der Waals surface area (Å²) in [5, 5.41) is 25.7. The van der Waals surface area contributed by atoms with Gasteiger partial charge >= 0.3 is 0 Å². The van der Waals surface area contributed by atoms with E-state index in [0.29, 0.717) is 231 Å². The molecule has 0 saturated carbocycles. The number of ether oxygens (including phenoxy) is 18. The van der Waals surface area contributed by atoms with E-state index in [2.05, 4.69) is 47.7 Å². The van der Waals surface area contributed by atoms with Gasteiger partial charge in [0.1, 0.15) is 0 Å². The molecule has 0 bridgehead atoms. The highest BCUT2D eigenvalue weighted by Gasteiger charge is 2.36. The number of rotatable bonds is 59. The summed E-state index contributed by atoms with van der Waals surface area (Å²) in [6, 6.07) is 0. The first-order chi connectivity index (χ1) is 35.6. The van der Waals surface area contributed by atoms with Crippen LogP contribution in [-0.4, -0.2) is 288 Å². The van der Waals surface area contributed by atoms with Crippen molar-refractivity contribution >= 4 is 8.32 Å². The largest absolute Gasteiger partial charge is 0.414 e. The normalized spacial score (nSPS) is 11.8. The van der Waals surface area contributed by atoms with Crippen LogP contribution in [0.15, 0.2) is 0 Å². The summed E-state index contributed by atoms with van der Waals surface area (Å²) in [7, 11) is -1.67. The van der Waals surface area contributed by atoms with E-state index in [0.717, 1.165) is 26.1 Å². The minimum atomic E-state index is -1.67. The van der Waals surface area contributed by atoms with E-state index < -0.39 is 8.32 Å². The fraction of sp³-hybridized carbons (Fsp3) is 1.00. The molecule has 0 aliphatic heterocycles. The molecule has 0 saturated heterocycles. The van der Waals surface area contributed by atoms with E-state index in [4.69, 9.17) is 105 Å². The molecule has 0 fully saturated rings. The van der Waals surface area contributed by atoms with Gasteiger partial charge in [0.05, 0.1) is 251 Å². The Labute approximate surface area is 442 Å². The molecule has 444 valence electrons. The minimum Gasteiger partial charge on any atom is -0.414 e. The summed E-state index contributed by atoms with van der Waals surface area (Å²) < 4.78 is 102. The van der Waals surface area contributed by atoms with Gasteiger partial charge in [-0.3, -0.25) is 0 Å². The lowest BCUT2D eigenvalue weighted by Gasteiger charge is -2.36. The lowest BCUT2D eigenvalue weighted by Crippen LogP contribution is -2.41. The van der Waals surface area contributed by atoms with Crippen LogP contribution in [0.5, 0.6) is 0 Å². The molecule has 0 atom stereocenters. The number of aliphatic hydroxyl groups is 3. The third-order valence-corrected chi connectivity index (χ3v) is 14.0. The lowest BCUT2D eigenvalue weighted by atomic mass is 10.2. The Morgan fingerprint density at radius 3 is 0.507 bits per heavy atom. The average Bonchev–Trinajstić information content (AvgIpc) is 3.37. The van der Waals surface area contributed by atoms with Crippen LogP contribution in [0.4, 0.5) is 0 Å². The minimum absolute atomic E-state index is 0.0334. The number of hydrogen-bond donors (Lipinski definition) is 3. The van der Waals surface area contributed by atoms with E-state index in [1.807, 2.05) is 0 Å². The van der Waals surface area contributed by atoms with Crippen molar-refractivity contribution in [2.24, 2.45) is 0 Å². The van der Waals surface area contributed by atoms with Gasteiger partial charge in [-0.1, -0.05) is 34.6 Å². The van der Waals surface area contributed by atoms with Crippen molar-refractivity contribution in [3.8, 4) is 0 Å². The van der Waals surface area contributed by atoms with Crippen LogP contribution in [-0.2, 0) is 89.7 Å². The van der Waals surface area contributed by atoms with E-state index in [1.54, 1.807) is 0 Å². The van der Waals surface area contributed by atoms with Crippen molar-refractivity contribution in [1.29, 1.82) is 0 Å². The highest BCUT2D eigenvalue weighted by Crippen LogP contribution is 2.36. The van der Waals surface area contributed by atoms with Crippen molar-refractivity contribution in [3.05, 3.63) is 0 Å². The molecule has 0 radical (unpaired) electrons. The van der Waals surface area contributed by atoms with E-state index >= 15 is 0 Å². The summed E-state index contributed by atoms with van der Waals surface area (Å²) in [5.41, 5.74) is 0. The Kier molecular flexibility index (Phi) is 70.7. The van der Waals surface area contributed by atoms with Crippen LogP contribution in [0.3, 0.4) is 0 Å². The monoisotopic (exact) mass is 1090 g/mol. The van der Waals surface area contributed by atoms with Gasteiger partial charge in [0.2, 0.25) is 0 Å². The fourth-order valence-electron chi connectivity index (χ4n) is 4.66. The van der Waals surface area contributed by atoms with Crippen molar-refractivity contribution in [2.75, 3.05) is 264 Å². The molecule has 0 heterocycles. The van der Waals surface area contributed by atoms with Crippen LogP contribution in [0.1, 0.15) is 47.5 Å². The average molecular weight is 1090 g/mol. The fourth-order valence-corrected chi connectivity index (χ4v) is 5.69. The van der Waals surface area contributed by atoms with E-state index in [1.165, 1.54) is 0 Å². The second-order valence-corrected chi connectivity index (χ2v) is 21.6. The zero-order valence-corrected chi connectivity index (χ0v) is 47.8. The molecule has 0 unspecified atom stereocenters. The van der Waals surface area contributed by atoms with Gasteiger partial charge in [-0.05, 0) is 31.0 Å². The van der Waals surface area contributed by atoms with Crippen molar-refractivity contribution in [2.45, 2.75) is 65.6 Å². The summed E-state index contributed by atoms with van der Waals surface area (Å²) in [5.74, 6) is 0. The Bertz CT molecular complexity index is 882. The standard InChI is InChI=1S/C21H46O7Si.C15H32O7.C14H30O8/c1-7-8-22-9-10-23-11-12-24-13-14-25-15-16-26-17-18-27-19-20-28-29(5,6)21(2,3)4;1-2-4-17-6-8-19-10-12-21-14-15-22-13-11-20-9-7-18-5-3-16;15-1-3-17-5-7-19-9-11-21-13-14-22-12-10-20-8-6-18-4-2-16/h7-20H2,1-6H3;16H,2-15H2,1H3;15-16H,1-14H2. The number of hydrogen-bond acceptors (Lipinski definition) is 22. The maximum atomic E-state index is 8.49. The summed E-state index contributed by atoms with van der Waals surface area (Å²) >= 11 is 0. The molecule has 0 spiro atoms. The van der Waals surface area contributed by atoms with Gasteiger partial charge < -0.3 is 105 Å². The summed E-state index contributed by atoms with van der Waals surface area (Å²) in [4.78, 5) is 0. The third-order valence-electron chi connectivity index (χ3n) is 9.48. The zero-order valence-electron chi connectivity index (χ0n) is 46.8. The van der Waals surface area contributed by atoms with E-state index in [-0.39, 0.29) is 24.9 Å². The second-order valence-electron chi connectivity index (χ2n) is 16.8. The van der Waals surface area contributed by atoms with Gasteiger partial charge in [-0.2, -0.15) is 0 Å². The first-order valence-corrected chi connectivity index (χ1v) is 29.4. The number of aliphatic hydroxyl groups excluding tert-OH is 3. The quantitative estimate of drug-likeness (QED) is 0.0586. The Balaban J connectivity index is -0.00000102. The lowest BCUT2D eigenvalue weighted by molar-refractivity contribution is -0.0194. The molecule has 0 aromatic heterocycles. The van der Waals surface area contributed by atoms with Crippen LogP contribution >= 0.6 is 0 Å². The van der Waals surface area contributed by atoms with Crippen molar-refractivity contribution < 1.29 is 105 Å². The van der Waals surface area contributed by atoms with Crippen molar-refractivity contribution in [1.82, 2.24) is 0 Å². The topological polar surface area (TPSA) is 236 Å². The molecule has 0 aromatic rings. The Morgan fingerprint density at radius 1 is 0.233 bits per heavy atom. The van der Waals surface area contributed by atoms with Crippen LogP contribution in [0.25, 0.3) is 0 Å². The molecule has 0 aliphatic rings. The van der Waals surface area contributed by atoms with Gasteiger partial charge in [0, 0.05) is 13.2 Å². The molecule has 0 aliphatic carbocycles. The SMILES string of the molecule is CCCOCCOCCOCCOCCOCCOCCO.CCCOCCOCCOCCOCCOCCOCCO[Si](C)(C)C(C)(C)C.OCCOCCOCCOCCOCCOCCOCCO. The molecule has 3 N–H and O–H groups in total. The maximum absolute atomic E-state index is 8.49. The predicted octanol–water partition coefficient (Wildman–Crippen LogP) is 3.08. The molecular weight excluding hydrogens is 981 g/mol. The van der Waals surface area contributed by atoms with Crippen LogP contribution in [0.2, 0.25) is 18.1 Å². The predicted molar refractivity (Wildman–Crippen MR) is 280 cm³/mol. The van der Waals surface area contributed by atoms with Crippen molar-refractivity contribution in [3.63, 3.8) is 0 Å². The molecule has 0 rings (SSSR count). The highest BCUT2D eigenvalue weighted by molar-refractivity contribution is 6.74.